The van der Waals surface area contributed by atoms with E-state index in [2.05, 4.69) is 22.1 Å². The summed E-state index contributed by atoms with van der Waals surface area (Å²) in [4.78, 5) is 30.1. The van der Waals surface area contributed by atoms with Crippen LogP contribution in [0.25, 0.3) is 6.08 Å². The number of amides is 1. The number of piperidine rings is 1. The monoisotopic (exact) mass is 386 g/mol. The second-order valence-electron chi connectivity index (χ2n) is 6.62. The van der Waals surface area contributed by atoms with Crippen LogP contribution in [0.15, 0.2) is 36.5 Å². The molecule has 2 heterocycles. The number of aromatic nitrogens is 1. The van der Waals surface area contributed by atoms with Gasteiger partial charge in [0.1, 0.15) is 0 Å². The van der Waals surface area contributed by atoms with E-state index in [1.54, 1.807) is 18.2 Å². The number of anilines is 1. The maximum Gasteiger partial charge on any atom is 0.269 e. The van der Waals surface area contributed by atoms with E-state index in [0.717, 1.165) is 23.5 Å². The molecular weight excluding hydrogens is 364 g/mol. The molecule has 1 saturated heterocycles. The minimum Gasteiger partial charge on any atom is -0.298 e. The molecule has 27 heavy (non-hydrogen) atoms. The van der Waals surface area contributed by atoms with Crippen molar-refractivity contribution in [2.45, 2.75) is 38.8 Å². The Bertz CT molecular complexity index is 832. The SMILES string of the molecule is CC1CCCCN1Cc1cnc(NC(=O)/C=C/c2ccc([N+](=O)[O-])cc2)s1. The van der Waals surface area contributed by atoms with E-state index < -0.39 is 4.92 Å². The summed E-state index contributed by atoms with van der Waals surface area (Å²) >= 11 is 1.49. The van der Waals surface area contributed by atoms with Gasteiger partial charge in [-0.15, -0.1) is 11.3 Å². The molecule has 1 N–H and O–H groups in total. The predicted octanol–water partition coefficient (Wildman–Crippen LogP) is 4.08. The quantitative estimate of drug-likeness (QED) is 0.459. The number of carbonyl (C=O) groups is 1. The molecule has 142 valence electrons. The van der Waals surface area contributed by atoms with Crippen LogP contribution < -0.4 is 5.32 Å². The lowest BCUT2D eigenvalue weighted by Gasteiger charge is -2.32. The summed E-state index contributed by atoms with van der Waals surface area (Å²) < 4.78 is 0. The fourth-order valence-electron chi connectivity index (χ4n) is 3.06. The van der Waals surface area contributed by atoms with Gasteiger partial charge < -0.3 is 0 Å². The van der Waals surface area contributed by atoms with Crippen molar-refractivity contribution in [3.05, 3.63) is 57.1 Å². The number of thiazole rings is 1. The van der Waals surface area contributed by atoms with Crippen molar-refractivity contribution in [2.75, 3.05) is 11.9 Å². The van der Waals surface area contributed by atoms with Crippen molar-refractivity contribution in [3.63, 3.8) is 0 Å². The fraction of sp³-hybridized carbons (Fsp3) is 0.368. The van der Waals surface area contributed by atoms with Crippen LogP contribution in [-0.2, 0) is 11.3 Å². The van der Waals surface area contributed by atoms with Crippen LogP contribution in [0.4, 0.5) is 10.8 Å². The first kappa shape index (κ1) is 19.2. The molecule has 1 unspecified atom stereocenters. The first-order valence-corrected chi connectivity index (χ1v) is 9.75. The minimum absolute atomic E-state index is 0.0231. The summed E-state index contributed by atoms with van der Waals surface area (Å²) in [5.41, 5.74) is 0.740. The lowest BCUT2D eigenvalue weighted by Crippen LogP contribution is -2.36. The normalized spacial score (nSPS) is 17.9. The highest BCUT2D eigenvalue weighted by molar-refractivity contribution is 7.15. The molecule has 1 fully saturated rings. The van der Waals surface area contributed by atoms with Gasteiger partial charge in [0.2, 0.25) is 5.91 Å². The number of nitro benzene ring substituents is 1. The number of non-ortho nitro benzene ring substituents is 1. The van der Waals surface area contributed by atoms with Gasteiger partial charge in [0, 0.05) is 41.9 Å². The summed E-state index contributed by atoms with van der Waals surface area (Å²) in [5, 5.41) is 14.0. The lowest BCUT2D eigenvalue weighted by atomic mass is 10.0. The minimum atomic E-state index is -0.453. The summed E-state index contributed by atoms with van der Waals surface area (Å²) in [6.45, 7) is 4.23. The molecule has 1 amide bonds. The summed E-state index contributed by atoms with van der Waals surface area (Å²) in [6, 6.07) is 6.61. The highest BCUT2D eigenvalue weighted by Crippen LogP contribution is 2.24. The molecule has 1 aromatic heterocycles. The Hall–Kier alpha value is -2.58. The van der Waals surface area contributed by atoms with Gasteiger partial charge in [0.25, 0.3) is 5.69 Å². The van der Waals surface area contributed by atoms with Gasteiger partial charge in [0.05, 0.1) is 4.92 Å². The van der Waals surface area contributed by atoms with E-state index in [1.807, 2.05) is 6.20 Å². The highest BCUT2D eigenvalue weighted by Gasteiger charge is 2.19. The van der Waals surface area contributed by atoms with Crippen LogP contribution in [0.1, 0.15) is 36.6 Å². The summed E-state index contributed by atoms with van der Waals surface area (Å²) in [6.07, 6.45) is 8.60. The Morgan fingerprint density at radius 1 is 1.41 bits per heavy atom. The molecule has 1 aromatic carbocycles. The van der Waals surface area contributed by atoms with Gasteiger partial charge in [-0.3, -0.25) is 25.1 Å². The van der Waals surface area contributed by atoms with Crippen molar-refractivity contribution in [1.82, 2.24) is 9.88 Å². The molecule has 0 aliphatic carbocycles. The third-order valence-electron chi connectivity index (χ3n) is 4.61. The van der Waals surface area contributed by atoms with Gasteiger partial charge in [-0.05, 0) is 50.1 Å². The maximum atomic E-state index is 12.1. The molecule has 3 rings (SSSR count). The van der Waals surface area contributed by atoms with Gasteiger partial charge >= 0.3 is 0 Å². The molecule has 1 aliphatic heterocycles. The van der Waals surface area contributed by atoms with Crippen LogP contribution in [0.3, 0.4) is 0 Å². The average Bonchev–Trinajstić information content (AvgIpc) is 3.09. The van der Waals surface area contributed by atoms with E-state index >= 15 is 0 Å². The molecule has 8 heteroatoms. The molecule has 2 aromatic rings. The maximum absolute atomic E-state index is 12.1. The fourth-order valence-corrected chi connectivity index (χ4v) is 3.90. The number of nitrogens with zero attached hydrogens (tertiary/aromatic N) is 3. The third-order valence-corrected chi connectivity index (χ3v) is 5.51. The Balaban J connectivity index is 1.53. The standard InChI is InChI=1S/C19H22N4O3S/c1-14-4-2-3-11-22(14)13-17-12-20-19(27-17)21-18(24)10-7-15-5-8-16(9-6-15)23(25)26/h5-10,12,14H,2-4,11,13H2,1H3,(H,20,21,24)/b10-7+. The number of rotatable bonds is 6. The Morgan fingerprint density at radius 2 is 2.19 bits per heavy atom. The number of benzene rings is 1. The molecule has 1 atom stereocenters. The average molecular weight is 386 g/mol. The molecular formula is C19H22N4O3S. The van der Waals surface area contributed by atoms with Gasteiger partial charge in [0.15, 0.2) is 5.13 Å². The molecule has 1 aliphatic rings. The lowest BCUT2D eigenvalue weighted by molar-refractivity contribution is -0.384. The molecule has 0 bridgehead atoms. The van der Waals surface area contributed by atoms with Crippen molar-refractivity contribution in [2.24, 2.45) is 0 Å². The van der Waals surface area contributed by atoms with Gasteiger partial charge in [-0.25, -0.2) is 4.98 Å². The third kappa shape index (κ3) is 5.45. The largest absolute Gasteiger partial charge is 0.298 e. The first-order valence-electron chi connectivity index (χ1n) is 8.93. The zero-order chi connectivity index (χ0) is 19.2. The molecule has 0 radical (unpaired) electrons. The number of carbonyl (C=O) groups excluding carboxylic acids is 1. The van der Waals surface area contributed by atoms with E-state index in [9.17, 15) is 14.9 Å². The van der Waals surface area contributed by atoms with E-state index in [1.165, 1.54) is 48.8 Å². The number of hydrogen-bond acceptors (Lipinski definition) is 6. The number of nitro groups is 1. The van der Waals surface area contributed by atoms with Crippen LogP contribution in [0, 0.1) is 10.1 Å². The number of likely N-dealkylation sites (tertiary alicyclic amines) is 1. The van der Waals surface area contributed by atoms with Crippen LogP contribution in [0.2, 0.25) is 0 Å². The molecule has 0 spiro atoms. The zero-order valence-electron chi connectivity index (χ0n) is 15.1. The predicted molar refractivity (Wildman–Crippen MR) is 107 cm³/mol. The van der Waals surface area contributed by atoms with Crippen molar-refractivity contribution >= 4 is 34.1 Å². The second kappa shape index (κ2) is 8.88. The Labute approximate surface area is 161 Å². The highest BCUT2D eigenvalue weighted by atomic mass is 32.1. The number of nitrogens with one attached hydrogen (secondary N) is 1. The second-order valence-corrected chi connectivity index (χ2v) is 7.73. The number of hydrogen-bond donors (Lipinski definition) is 1. The Morgan fingerprint density at radius 3 is 2.89 bits per heavy atom. The van der Waals surface area contributed by atoms with Crippen molar-refractivity contribution in [1.29, 1.82) is 0 Å². The summed E-state index contributed by atoms with van der Waals surface area (Å²) in [7, 11) is 0. The van der Waals surface area contributed by atoms with Gasteiger partial charge in [-0.1, -0.05) is 6.42 Å². The summed E-state index contributed by atoms with van der Waals surface area (Å²) in [5.74, 6) is -0.277. The van der Waals surface area contributed by atoms with Crippen molar-refractivity contribution in [3.8, 4) is 0 Å². The van der Waals surface area contributed by atoms with Crippen LogP contribution >= 0.6 is 11.3 Å². The first-order chi connectivity index (χ1) is 13.0. The van der Waals surface area contributed by atoms with Gasteiger partial charge in [-0.2, -0.15) is 0 Å². The van der Waals surface area contributed by atoms with Crippen molar-refractivity contribution < 1.29 is 9.72 Å². The molecule has 7 nitrogen and oxygen atoms in total. The van der Waals surface area contributed by atoms with E-state index in [-0.39, 0.29) is 11.6 Å². The van der Waals surface area contributed by atoms with E-state index in [4.69, 9.17) is 0 Å². The molecule has 0 saturated carbocycles. The van der Waals surface area contributed by atoms with E-state index in [0.29, 0.717) is 11.2 Å². The smallest absolute Gasteiger partial charge is 0.269 e. The zero-order valence-corrected chi connectivity index (χ0v) is 15.9. The van der Waals surface area contributed by atoms with Crippen LogP contribution in [-0.4, -0.2) is 33.3 Å². The Kier molecular flexibility index (Phi) is 6.31. The topological polar surface area (TPSA) is 88.4 Å². The van der Waals surface area contributed by atoms with Crippen LogP contribution in [0.5, 0.6) is 0 Å².